The van der Waals surface area contributed by atoms with E-state index >= 15 is 0 Å². The van der Waals surface area contributed by atoms with Crippen molar-refractivity contribution in [3.8, 4) is 0 Å². The molecule has 0 spiro atoms. The average molecular weight is 355 g/mol. The Labute approximate surface area is 142 Å². The number of likely N-dealkylation sites (tertiary alicyclic amines) is 1. The van der Waals surface area contributed by atoms with Crippen LogP contribution in [0.4, 0.5) is 4.79 Å². The van der Waals surface area contributed by atoms with Crippen molar-refractivity contribution in [1.82, 2.24) is 24.5 Å². The van der Waals surface area contributed by atoms with E-state index < -0.39 is 10.0 Å². The van der Waals surface area contributed by atoms with Crippen LogP contribution in [0.1, 0.15) is 31.0 Å². The Bertz CT molecular complexity index is 653. The lowest BCUT2D eigenvalue weighted by atomic mass is 9.96. The minimum Gasteiger partial charge on any atom is -0.348 e. The molecule has 24 heavy (non-hydrogen) atoms. The maximum Gasteiger partial charge on any atom is 0.317 e. The summed E-state index contributed by atoms with van der Waals surface area (Å²) in [6.07, 6.45) is 7.44. The number of aromatic nitrogens is 2. The second-order valence-electron chi connectivity index (χ2n) is 6.70. The number of carbonyl (C=O) groups is 1. The molecule has 0 bridgehead atoms. The summed E-state index contributed by atoms with van der Waals surface area (Å²) >= 11 is 0. The number of carbonyl (C=O) groups excluding carboxylic acids is 1. The van der Waals surface area contributed by atoms with E-state index in [0.29, 0.717) is 25.6 Å². The predicted octanol–water partition coefficient (Wildman–Crippen LogP) is 0.580. The molecule has 3 heterocycles. The van der Waals surface area contributed by atoms with E-state index in [9.17, 15) is 13.2 Å². The second-order valence-corrected chi connectivity index (χ2v) is 8.68. The van der Waals surface area contributed by atoms with Gasteiger partial charge in [0.1, 0.15) is 5.82 Å². The molecule has 2 aliphatic heterocycles. The Morgan fingerprint density at radius 2 is 2.08 bits per heavy atom. The van der Waals surface area contributed by atoms with Crippen LogP contribution in [0.25, 0.3) is 0 Å². The number of nitrogens with one attached hydrogen (secondary N) is 2. The van der Waals surface area contributed by atoms with Gasteiger partial charge < -0.3 is 15.2 Å². The van der Waals surface area contributed by atoms with Gasteiger partial charge in [-0.1, -0.05) is 0 Å². The molecule has 134 valence electrons. The highest BCUT2D eigenvalue weighted by atomic mass is 32.2. The van der Waals surface area contributed by atoms with Gasteiger partial charge in [-0.05, 0) is 25.2 Å². The number of piperidine rings is 1. The van der Waals surface area contributed by atoms with Gasteiger partial charge in [-0.25, -0.2) is 22.5 Å². The molecule has 8 nitrogen and oxygen atoms in total. The van der Waals surface area contributed by atoms with E-state index in [1.54, 1.807) is 6.20 Å². The van der Waals surface area contributed by atoms with Crippen molar-refractivity contribution in [2.24, 2.45) is 5.92 Å². The lowest BCUT2D eigenvalue weighted by Gasteiger charge is -2.31. The number of aromatic amines is 1. The largest absolute Gasteiger partial charge is 0.348 e. The summed E-state index contributed by atoms with van der Waals surface area (Å²) in [5, 5.41) is 2.96. The van der Waals surface area contributed by atoms with Crippen molar-refractivity contribution >= 4 is 16.1 Å². The summed E-state index contributed by atoms with van der Waals surface area (Å²) in [4.78, 5) is 21.6. The molecular weight excluding hydrogens is 330 g/mol. The molecule has 0 aliphatic carbocycles. The molecule has 9 heteroatoms. The quantitative estimate of drug-likeness (QED) is 0.825. The normalized spacial score (nSPS) is 23.5. The summed E-state index contributed by atoms with van der Waals surface area (Å²) in [6, 6.07) is -0.0503. The zero-order chi connectivity index (χ0) is 17.2. The van der Waals surface area contributed by atoms with Gasteiger partial charge in [0.05, 0.1) is 6.26 Å². The number of hydrogen-bond acceptors (Lipinski definition) is 4. The summed E-state index contributed by atoms with van der Waals surface area (Å²) < 4.78 is 24.5. The Hall–Kier alpha value is -1.61. The topological polar surface area (TPSA) is 98.4 Å². The molecule has 1 unspecified atom stereocenters. The molecule has 2 saturated heterocycles. The van der Waals surface area contributed by atoms with Crippen LogP contribution < -0.4 is 5.32 Å². The molecule has 1 atom stereocenters. The van der Waals surface area contributed by atoms with Gasteiger partial charge >= 0.3 is 6.03 Å². The number of nitrogens with zero attached hydrogens (tertiary/aromatic N) is 3. The highest BCUT2D eigenvalue weighted by molar-refractivity contribution is 7.88. The third kappa shape index (κ3) is 4.07. The SMILES string of the molecule is CS(=O)(=O)N1CCC(CNC(=O)N2CCC(c3ncc[nH]3)CC2)C1. The van der Waals surface area contributed by atoms with E-state index in [2.05, 4.69) is 15.3 Å². The van der Waals surface area contributed by atoms with Gasteiger partial charge in [0.2, 0.25) is 10.0 Å². The number of amides is 2. The molecule has 2 aliphatic rings. The van der Waals surface area contributed by atoms with Crippen LogP contribution in [0.3, 0.4) is 0 Å². The highest BCUT2D eigenvalue weighted by Gasteiger charge is 2.30. The van der Waals surface area contributed by atoms with Gasteiger partial charge in [-0.2, -0.15) is 0 Å². The fourth-order valence-corrected chi connectivity index (χ4v) is 4.38. The zero-order valence-electron chi connectivity index (χ0n) is 13.9. The minimum atomic E-state index is -3.12. The fraction of sp³-hybridized carbons (Fsp3) is 0.733. The molecule has 3 rings (SSSR count). The molecule has 1 aromatic heterocycles. The van der Waals surface area contributed by atoms with Crippen LogP contribution in [0.2, 0.25) is 0 Å². The maximum atomic E-state index is 12.3. The standard InChI is InChI=1S/C15H25N5O3S/c1-24(22,23)20-9-2-12(11-20)10-18-15(21)19-7-3-13(4-8-19)14-16-5-6-17-14/h5-6,12-13H,2-4,7-11H2,1H3,(H,16,17)(H,18,21). The number of rotatable bonds is 4. The van der Waals surface area contributed by atoms with E-state index in [-0.39, 0.29) is 11.9 Å². The van der Waals surface area contributed by atoms with E-state index in [1.807, 2.05) is 11.1 Å². The maximum absolute atomic E-state index is 12.3. The third-order valence-electron chi connectivity index (χ3n) is 4.95. The number of urea groups is 1. The number of imidazole rings is 1. The first-order valence-corrected chi connectivity index (χ1v) is 10.3. The second kappa shape index (κ2) is 7.10. The fourth-order valence-electron chi connectivity index (χ4n) is 3.47. The molecule has 0 saturated carbocycles. The van der Waals surface area contributed by atoms with Crippen LogP contribution in [0, 0.1) is 5.92 Å². The molecular formula is C15H25N5O3S. The molecule has 2 amide bonds. The highest BCUT2D eigenvalue weighted by Crippen LogP contribution is 2.25. The van der Waals surface area contributed by atoms with Crippen molar-refractivity contribution in [2.45, 2.75) is 25.2 Å². The van der Waals surface area contributed by atoms with Gasteiger partial charge in [0.15, 0.2) is 0 Å². The van der Waals surface area contributed by atoms with Crippen LogP contribution >= 0.6 is 0 Å². The monoisotopic (exact) mass is 355 g/mol. The van der Waals surface area contributed by atoms with Crippen molar-refractivity contribution in [3.63, 3.8) is 0 Å². The van der Waals surface area contributed by atoms with Crippen LogP contribution in [-0.4, -0.2) is 72.6 Å². The lowest BCUT2D eigenvalue weighted by Crippen LogP contribution is -2.45. The van der Waals surface area contributed by atoms with Gasteiger partial charge in [0.25, 0.3) is 0 Å². The molecule has 0 aromatic carbocycles. The first-order chi connectivity index (χ1) is 11.4. The van der Waals surface area contributed by atoms with E-state index in [4.69, 9.17) is 0 Å². The molecule has 2 fully saturated rings. The zero-order valence-corrected chi connectivity index (χ0v) is 14.8. The Morgan fingerprint density at radius 3 is 2.67 bits per heavy atom. The van der Waals surface area contributed by atoms with Gasteiger partial charge in [0, 0.05) is 51.0 Å². The van der Waals surface area contributed by atoms with E-state index in [0.717, 1.165) is 38.2 Å². The average Bonchev–Trinajstić information content (AvgIpc) is 3.23. The number of sulfonamides is 1. The van der Waals surface area contributed by atoms with Crippen molar-refractivity contribution in [3.05, 3.63) is 18.2 Å². The van der Waals surface area contributed by atoms with Crippen molar-refractivity contribution in [2.75, 3.05) is 39.0 Å². The third-order valence-corrected chi connectivity index (χ3v) is 6.22. The van der Waals surface area contributed by atoms with Gasteiger partial charge in [-0.3, -0.25) is 0 Å². The predicted molar refractivity (Wildman–Crippen MR) is 90.1 cm³/mol. The van der Waals surface area contributed by atoms with Gasteiger partial charge in [-0.15, -0.1) is 0 Å². The first kappa shape index (κ1) is 17.2. The summed E-state index contributed by atoms with van der Waals surface area (Å²) in [5.74, 6) is 1.59. The summed E-state index contributed by atoms with van der Waals surface area (Å²) in [7, 11) is -3.12. The first-order valence-electron chi connectivity index (χ1n) is 8.40. The Morgan fingerprint density at radius 1 is 1.33 bits per heavy atom. The van der Waals surface area contributed by atoms with Crippen LogP contribution in [-0.2, 0) is 10.0 Å². The van der Waals surface area contributed by atoms with Crippen molar-refractivity contribution in [1.29, 1.82) is 0 Å². The molecule has 1 aromatic rings. The lowest BCUT2D eigenvalue weighted by molar-refractivity contribution is 0.179. The summed E-state index contributed by atoms with van der Waals surface area (Å²) in [6.45, 7) is 3.02. The molecule has 0 radical (unpaired) electrons. The van der Waals surface area contributed by atoms with Crippen LogP contribution in [0.15, 0.2) is 12.4 Å². The van der Waals surface area contributed by atoms with Crippen molar-refractivity contribution < 1.29 is 13.2 Å². The Kier molecular flexibility index (Phi) is 5.09. The smallest absolute Gasteiger partial charge is 0.317 e. The van der Waals surface area contributed by atoms with E-state index in [1.165, 1.54) is 10.6 Å². The minimum absolute atomic E-state index is 0.0503. The number of H-pyrrole nitrogens is 1. The molecule has 2 N–H and O–H groups in total. The summed E-state index contributed by atoms with van der Waals surface area (Å²) in [5.41, 5.74) is 0. The number of hydrogen-bond donors (Lipinski definition) is 2. The Balaban J connectivity index is 1.41. The van der Waals surface area contributed by atoms with Crippen LogP contribution in [0.5, 0.6) is 0 Å².